The fourth-order valence-corrected chi connectivity index (χ4v) is 6.02. The van der Waals surface area contributed by atoms with Crippen molar-refractivity contribution in [1.82, 2.24) is 19.8 Å². The summed E-state index contributed by atoms with van der Waals surface area (Å²) in [5.74, 6) is 0. The van der Waals surface area contributed by atoms with Crippen LogP contribution < -0.4 is 0 Å². The summed E-state index contributed by atoms with van der Waals surface area (Å²) in [5, 5.41) is 25.3. The Labute approximate surface area is 265 Å². The summed E-state index contributed by atoms with van der Waals surface area (Å²) in [7, 11) is 0. The first kappa shape index (κ1) is 34.0. The lowest BCUT2D eigenvalue weighted by atomic mass is 9.98. The lowest BCUT2D eigenvalue weighted by Gasteiger charge is -2.26. The van der Waals surface area contributed by atoms with Crippen molar-refractivity contribution in [2.24, 2.45) is 0 Å². The maximum Gasteiger partial charge on any atom is 0.0924 e. The number of hydrogen-bond acceptors (Lipinski definition) is 6. The molecule has 0 saturated heterocycles. The van der Waals surface area contributed by atoms with Crippen molar-refractivity contribution in [3.05, 3.63) is 71.8 Å². The molecule has 2 aromatic heterocycles. The molecule has 0 bridgehead atoms. The van der Waals surface area contributed by atoms with E-state index >= 15 is 0 Å². The number of pyridine rings is 2. The van der Waals surface area contributed by atoms with Crippen LogP contribution in [-0.4, -0.2) is 69.2 Å². The first-order valence-electron chi connectivity index (χ1n) is 17.1. The molecule has 0 aliphatic carbocycles. The highest BCUT2D eigenvalue weighted by atomic mass is 16.3. The average Bonchev–Trinajstić information content (AvgIpc) is 3.05. The van der Waals surface area contributed by atoms with Gasteiger partial charge in [-0.1, -0.05) is 89.8 Å². The van der Waals surface area contributed by atoms with Crippen molar-refractivity contribution < 1.29 is 10.2 Å². The molecular weight excluding hydrogens is 544 g/mol. The molecule has 0 saturated carbocycles. The van der Waals surface area contributed by atoms with Crippen molar-refractivity contribution in [2.45, 2.75) is 91.3 Å². The third-order valence-electron chi connectivity index (χ3n) is 8.65. The van der Waals surface area contributed by atoms with Crippen molar-refractivity contribution in [2.75, 3.05) is 39.3 Å². The van der Waals surface area contributed by atoms with Gasteiger partial charge in [0.1, 0.15) is 0 Å². The number of unbranched alkanes of at least 4 members (excludes halogenated alkanes) is 4. The van der Waals surface area contributed by atoms with Gasteiger partial charge >= 0.3 is 0 Å². The highest BCUT2D eigenvalue weighted by Gasteiger charge is 2.21. The SMILES string of the molecule is CCCCN(CCCC)C[C@@H](O)c1cc(-c2cc([C@@H](O)CN(CCCC)CCCC)c3ccccc3n2)nc2ccccc12. The first-order chi connectivity index (χ1) is 21.5. The minimum Gasteiger partial charge on any atom is -0.387 e. The van der Waals surface area contributed by atoms with Gasteiger partial charge in [-0.25, -0.2) is 9.97 Å². The maximum absolute atomic E-state index is 11.7. The van der Waals surface area contributed by atoms with Crippen LogP contribution in [0.3, 0.4) is 0 Å². The minimum atomic E-state index is -0.647. The molecule has 0 spiro atoms. The summed E-state index contributed by atoms with van der Waals surface area (Å²) >= 11 is 0. The van der Waals surface area contributed by atoms with E-state index in [4.69, 9.17) is 9.97 Å². The number of nitrogens with zero attached hydrogens (tertiary/aromatic N) is 4. The van der Waals surface area contributed by atoms with Gasteiger partial charge in [-0.05, 0) is 87.3 Å². The van der Waals surface area contributed by atoms with E-state index < -0.39 is 12.2 Å². The number of para-hydroxylation sites is 2. The van der Waals surface area contributed by atoms with Crippen LogP contribution in [0.4, 0.5) is 0 Å². The van der Waals surface area contributed by atoms with Crippen LogP contribution in [0.1, 0.15) is 102 Å². The summed E-state index contributed by atoms with van der Waals surface area (Å²) in [4.78, 5) is 14.9. The Balaban J connectivity index is 1.74. The third-order valence-corrected chi connectivity index (χ3v) is 8.65. The van der Waals surface area contributed by atoms with Crippen LogP contribution in [0.25, 0.3) is 33.2 Å². The van der Waals surface area contributed by atoms with Crippen LogP contribution in [0.15, 0.2) is 60.7 Å². The molecule has 0 aliphatic rings. The van der Waals surface area contributed by atoms with Crippen molar-refractivity contribution in [1.29, 1.82) is 0 Å². The van der Waals surface area contributed by atoms with Gasteiger partial charge in [0.15, 0.2) is 0 Å². The smallest absolute Gasteiger partial charge is 0.0924 e. The molecule has 2 atom stereocenters. The van der Waals surface area contributed by atoms with Gasteiger partial charge in [-0.3, -0.25) is 0 Å². The number of hydrogen-bond donors (Lipinski definition) is 2. The predicted molar refractivity (Wildman–Crippen MR) is 185 cm³/mol. The molecule has 0 fully saturated rings. The number of rotatable bonds is 19. The minimum absolute atomic E-state index is 0.591. The van der Waals surface area contributed by atoms with E-state index in [0.717, 1.165) is 122 Å². The van der Waals surface area contributed by atoms with Crippen LogP contribution in [0.5, 0.6) is 0 Å². The zero-order valence-corrected chi connectivity index (χ0v) is 27.5. The molecule has 0 aliphatic heterocycles. The van der Waals surface area contributed by atoms with Crippen molar-refractivity contribution in [3.8, 4) is 11.4 Å². The quantitative estimate of drug-likeness (QED) is 0.113. The molecule has 238 valence electrons. The molecule has 4 aromatic rings. The van der Waals surface area contributed by atoms with Crippen LogP contribution in [0, 0.1) is 0 Å². The van der Waals surface area contributed by atoms with Crippen LogP contribution in [-0.2, 0) is 0 Å². The van der Waals surface area contributed by atoms with Crippen molar-refractivity contribution >= 4 is 21.8 Å². The zero-order chi connectivity index (χ0) is 31.3. The van der Waals surface area contributed by atoms with Gasteiger partial charge in [0.2, 0.25) is 0 Å². The Morgan fingerprint density at radius 2 is 0.886 bits per heavy atom. The van der Waals surface area contributed by atoms with E-state index in [9.17, 15) is 10.2 Å². The van der Waals surface area contributed by atoms with Gasteiger partial charge in [0, 0.05) is 23.9 Å². The Morgan fingerprint density at radius 3 is 1.23 bits per heavy atom. The Morgan fingerprint density at radius 1 is 0.545 bits per heavy atom. The van der Waals surface area contributed by atoms with Gasteiger partial charge in [-0.2, -0.15) is 0 Å². The number of aromatic nitrogens is 2. The second-order valence-corrected chi connectivity index (χ2v) is 12.3. The fraction of sp³-hybridized carbons (Fsp3) is 0.526. The average molecular weight is 599 g/mol. The monoisotopic (exact) mass is 598 g/mol. The van der Waals surface area contributed by atoms with Gasteiger partial charge in [0.05, 0.1) is 34.6 Å². The standard InChI is InChI=1S/C38H54N4O2/c1-5-9-21-41(22-10-6-2)27-37(43)31-25-35(39-33-19-15-13-17-29(31)33)36-26-32(30-18-14-16-20-34(30)40-36)38(44)28-42(23-11-7-3)24-12-8-4/h13-20,25-26,37-38,43-44H,5-12,21-24,27-28H2,1-4H3/t37-,38+. The topological polar surface area (TPSA) is 72.7 Å². The summed E-state index contributed by atoms with van der Waals surface area (Å²) in [6.07, 6.45) is 7.75. The zero-order valence-electron chi connectivity index (χ0n) is 27.5. The second-order valence-electron chi connectivity index (χ2n) is 12.3. The second kappa shape index (κ2) is 17.6. The number of fused-ring (bicyclic) bond motifs is 2. The molecule has 0 amide bonds. The lowest BCUT2D eigenvalue weighted by molar-refractivity contribution is 0.112. The molecule has 2 N–H and O–H groups in total. The highest BCUT2D eigenvalue weighted by molar-refractivity contribution is 5.88. The molecule has 2 aromatic carbocycles. The predicted octanol–water partition coefficient (Wildman–Crippen LogP) is 8.32. The Kier molecular flexibility index (Phi) is 13.6. The fourth-order valence-electron chi connectivity index (χ4n) is 6.02. The van der Waals surface area contributed by atoms with Gasteiger partial charge in [-0.15, -0.1) is 0 Å². The normalized spacial score (nSPS) is 13.4. The molecule has 44 heavy (non-hydrogen) atoms. The summed E-state index contributed by atoms with van der Waals surface area (Å²) < 4.78 is 0. The van der Waals surface area contributed by atoms with E-state index in [2.05, 4.69) is 49.6 Å². The number of aliphatic hydroxyl groups excluding tert-OH is 2. The molecule has 0 radical (unpaired) electrons. The highest BCUT2D eigenvalue weighted by Crippen LogP contribution is 2.33. The molecule has 2 heterocycles. The maximum atomic E-state index is 11.7. The third kappa shape index (κ3) is 9.07. The summed E-state index contributed by atoms with van der Waals surface area (Å²) in [5.41, 5.74) is 4.89. The Hall–Kier alpha value is -2.90. The molecular formula is C38H54N4O2. The molecule has 6 nitrogen and oxygen atoms in total. The van der Waals surface area contributed by atoms with Crippen LogP contribution in [0.2, 0.25) is 0 Å². The van der Waals surface area contributed by atoms with Gasteiger partial charge < -0.3 is 20.0 Å². The largest absolute Gasteiger partial charge is 0.387 e. The Bertz CT molecular complexity index is 1320. The van der Waals surface area contributed by atoms with E-state index in [1.54, 1.807) is 0 Å². The van der Waals surface area contributed by atoms with E-state index in [1.807, 2.05) is 48.5 Å². The number of aliphatic hydroxyl groups is 2. The molecule has 6 heteroatoms. The van der Waals surface area contributed by atoms with Crippen LogP contribution >= 0.6 is 0 Å². The molecule has 0 unspecified atom stereocenters. The summed E-state index contributed by atoms with van der Waals surface area (Å²) in [6, 6.07) is 20.2. The van der Waals surface area contributed by atoms with E-state index in [1.165, 1.54) is 0 Å². The van der Waals surface area contributed by atoms with E-state index in [0.29, 0.717) is 13.1 Å². The van der Waals surface area contributed by atoms with E-state index in [-0.39, 0.29) is 0 Å². The van der Waals surface area contributed by atoms with Gasteiger partial charge in [0.25, 0.3) is 0 Å². The summed E-state index contributed by atoms with van der Waals surface area (Å²) in [6.45, 7) is 14.0. The van der Waals surface area contributed by atoms with Crippen molar-refractivity contribution in [3.63, 3.8) is 0 Å². The first-order valence-corrected chi connectivity index (χ1v) is 17.1. The molecule has 4 rings (SSSR count). The lowest BCUT2D eigenvalue weighted by Crippen LogP contribution is -2.31. The number of benzene rings is 2.